The van der Waals surface area contributed by atoms with Crippen LogP contribution in [0.2, 0.25) is 5.02 Å². The molecule has 0 atom stereocenters. The standard InChI is InChI=1S/C22H26ClN3O2/c1-16-5-6-18(23)15-21(16)26(17(2)27)14-11-22(28)24-19-7-9-20(10-8-19)25-12-3-4-13-25/h5-10,15H,3-4,11-14H2,1-2H3,(H,24,28). The van der Waals surface area contributed by atoms with Crippen LogP contribution in [0.3, 0.4) is 0 Å². The Morgan fingerprint density at radius 2 is 1.79 bits per heavy atom. The molecule has 1 N–H and O–H groups in total. The van der Waals surface area contributed by atoms with Crippen molar-refractivity contribution in [2.24, 2.45) is 0 Å². The van der Waals surface area contributed by atoms with Crippen molar-refractivity contribution < 1.29 is 9.59 Å². The monoisotopic (exact) mass is 399 g/mol. The summed E-state index contributed by atoms with van der Waals surface area (Å²) in [5.74, 6) is -0.243. The minimum absolute atomic E-state index is 0.117. The molecule has 0 spiro atoms. The van der Waals surface area contributed by atoms with Gasteiger partial charge in [-0.25, -0.2) is 0 Å². The van der Waals surface area contributed by atoms with Gasteiger partial charge in [0.25, 0.3) is 0 Å². The van der Waals surface area contributed by atoms with Crippen LogP contribution in [0.4, 0.5) is 17.1 Å². The Labute approximate surface area is 171 Å². The Morgan fingerprint density at radius 3 is 2.43 bits per heavy atom. The van der Waals surface area contributed by atoms with Gasteiger partial charge >= 0.3 is 0 Å². The van der Waals surface area contributed by atoms with Crippen LogP contribution < -0.4 is 15.1 Å². The summed E-state index contributed by atoms with van der Waals surface area (Å²) in [5.41, 5.74) is 3.64. The number of rotatable bonds is 6. The zero-order valence-electron chi connectivity index (χ0n) is 16.4. The molecule has 0 radical (unpaired) electrons. The van der Waals surface area contributed by atoms with E-state index in [1.165, 1.54) is 25.5 Å². The summed E-state index contributed by atoms with van der Waals surface area (Å²) in [6.07, 6.45) is 2.67. The maximum Gasteiger partial charge on any atom is 0.226 e. The van der Waals surface area contributed by atoms with Gasteiger partial charge in [0, 0.05) is 55.1 Å². The third-order valence-corrected chi connectivity index (χ3v) is 5.26. The Balaban J connectivity index is 1.59. The molecule has 5 nitrogen and oxygen atoms in total. The molecular weight excluding hydrogens is 374 g/mol. The molecule has 6 heteroatoms. The Hall–Kier alpha value is -2.53. The van der Waals surface area contributed by atoms with Gasteiger partial charge in [-0.15, -0.1) is 0 Å². The summed E-state index contributed by atoms with van der Waals surface area (Å²) >= 11 is 6.07. The van der Waals surface area contributed by atoms with E-state index in [0.29, 0.717) is 11.6 Å². The first-order valence-corrected chi connectivity index (χ1v) is 10.0. The molecule has 1 aliphatic heterocycles. The van der Waals surface area contributed by atoms with Crippen molar-refractivity contribution in [1.29, 1.82) is 0 Å². The van der Waals surface area contributed by atoms with Crippen molar-refractivity contribution in [3.05, 3.63) is 53.1 Å². The van der Waals surface area contributed by atoms with Crippen LogP contribution in [0, 0.1) is 6.92 Å². The van der Waals surface area contributed by atoms with Gasteiger partial charge in [0.15, 0.2) is 0 Å². The number of aryl methyl sites for hydroxylation is 1. The van der Waals surface area contributed by atoms with Crippen LogP contribution in [0.1, 0.15) is 31.7 Å². The third kappa shape index (κ3) is 5.04. The molecule has 1 heterocycles. The lowest BCUT2D eigenvalue weighted by molar-refractivity contribution is -0.117. The number of anilines is 3. The number of halogens is 1. The fourth-order valence-electron chi connectivity index (χ4n) is 3.49. The molecule has 28 heavy (non-hydrogen) atoms. The van der Waals surface area contributed by atoms with Crippen LogP contribution in [0.15, 0.2) is 42.5 Å². The molecule has 1 aliphatic rings. The highest BCUT2D eigenvalue weighted by Crippen LogP contribution is 2.25. The highest BCUT2D eigenvalue weighted by Gasteiger charge is 2.16. The largest absolute Gasteiger partial charge is 0.372 e. The normalized spacial score (nSPS) is 13.5. The van der Waals surface area contributed by atoms with Gasteiger partial charge in [0.2, 0.25) is 11.8 Å². The molecule has 3 rings (SSSR count). The SMILES string of the molecule is CC(=O)N(CCC(=O)Nc1ccc(N2CCCC2)cc1)c1cc(Cl)ccc1C. The number of carbonyl (C=O) groups is 2. The number of nitrogens with zero attached hydrogens (tertiary/aromatic N) is 2. The van der Waals surface area contributed by atoms with Gasteiger partial charge in [-0.05, 0) is 61.7 Å². The van der Waals surface area contributed by atoms with Gasteiger partial charge in [-0.1, -0.05) is 17.7 Å². The maximum atomic E-state index is 12.4. The first-order chi connectivity index (χ1) is 13.4. The van der Waals surface area contributed by atoms with E-state index in [4.69, 9.17) is 11.6 Å². The maximum absolute atomic E-state index is 12.4. The lowest BCUT2D eigenvalue weighted by atomic mass is 10.1. The van der Waals surface area contributed by atoms with E-state index >= 15 is 0 Å². The van der Waals surface area contributed by atoms with E-state index in [1.54, 1.807) is 17.0 Å². The average Bonchev–Trinajstić information content (AvgIpc) is 3.19. The summed E-state index contributed by atoms with van der Waals surface area (Å²) in [6.45, 7) is 5.90. The van der Waals surface area contributed by atoms with Crippen LogP contribution in [0.25, 0.3) is 0 Å². The molecule has 0 unspecified atom stereocenters. The number of hydrogen-bond acceptors (Lipinski definition) is 3. The smallest absolute Gasteiger partial charge is 0.226 e. The van der Waals surface area contributed by atoms with Crippen LogP contribution in [-0.2, 0) is 9.59 Å². The van der Waals surface area contributed by atoms with Crippen LogP contribution in [0.5, 0.6) is 0 Å². The summed E-state index contributed by atoms with van der Waals surface area (Å²) in [6, 6.07) is 13.3. The second kappa shape index (κ2) is 9.11. The molecule has 2 aromatic rings. The topological polar surface area (TPSA) is 52.7 Å². The predicted octanol–water partition coefficient (Wildman–Crippen LogP) is 4.63. The Morgan fingerprint density at radius 1 is 1.11 bits per heavy atom. The molecule has 1 fully saturated rings. The number of carbonyl (C=O) groups excluding carboxylic acids is 2. The number of amides is 2. The quantitative estimate of drug-likeness (QED) is 0.770. The molecule has 0 aliphatic carbocycles. The van der Waals surface area contributed by atoms with Gasteiger partial charge in [-0.2, -0.15) is 0 Å². The summed E-state index contributed by atoms with van der Waals surface area (Å²) < 4.78 is 0. The van der Waals surface area contributed by atoms with Crippen molar-refractivity contribution in [2.45, 2.75) is 33.1 Å². The Bertz CT molecular complexity index is 845. The lowest BCUT2D eigenvalue weighted by Crippen LogP contribution is -2.32. The summed E-state index contributed by atoms with van der Waals surface area (Å²) in [5, 5.41) is 3.47. The minimum Gasteiger partial charge on any atom is -0.372 e. The lowest BCUT2D eigenvalue weighted by Gasteiger charge is -2.23. The third-order valence-electron chi connectivity index (χ3n) is 5.03. The summed E-state index contributed by atoms with van der Waals surface area (Å²) in [4.78, 5) is 28.4. The van der Waals surface area contributed by atoms with Crippen LogP contribution >= 0.6 is 11.6 Å². The van der Waals surface area contributed by atoms with E-state index in [1.807, 2.05) is 37.3 Å². The zero-order valence-corrected chi connectivity index (χ0v) is 17.1. The van der Waals surface area contributed by atoms with E-state index in [2.05, 4.69) is 10.2 Å². The van der Waals surface area contributed by atoms with Crippen molar-refractivity contribution in [3.63, 3.8) is 0 Å². The molecule has 148 valence electrons. The molecule has 0 saturated carbocycles. The number of nitrogens with one attached hydrogen (secondary N) is 1. The predicted molar refractivity (Wildman–Crippen MR) is 115 cm³/mol. The van der Waals surface area contributed by atoms with Crippen molar-refractivity contribution in [2.75, 3.05) is 34.8 Å². The zero-order chi connectivity index (χ0) is 20.1. The fourth-order valence-corrected chi connectivity index (χ4v) is 3.65. The highest BCUT2D eigenvalue weighted by molar-refractivity contribution is 6.31. The van der Waals surface area contributed by atoms with Crippen molar-refractivity contribution in [3.8, 4) is 0 Å². The Kier molecular flexibility index (Phi) is 6.57. The van der Waals surface area contributed by atoms with Gasteiger partial charge in [-0.3, -0.25) is 9.59 Å². The fraction of sp³-hybridized carbons (Fsp3) is 0.364. The second-order valence-electron chi connectivity index (χ2n) is 7.14. The first-order valence-electron chi connectivity index (χ1n) is 9.63. The molecular formula is C22H26ClN3O2. The minimum atomic E-state index is -0.125. The van der Waals surface area contributed by atoms with E-state index in [0.717, 1.165) is 30.0 Å². The molecule has 2 amide bonds. The van der Waals surface area contributed by atoms with Gasteiger partial charge in [0.05, 0.1) is 0 Å². The summed E-state index contributed by atoms with van der Waals surface area (Å²) in [7, 11) is 0. The molecule has 0 bridgehead atoms. The van der Waals surface area contributed by atoms with Gasteiger partial charge in [0.1, 0.15) is 0 Å². The molecule has 2 aromatic carbocycles. The van der Waals surface area contributed by atoms with E-state index < -0.39 is 0 Å². The van der Waals surface area contributed by atoms with Crippen molar-refractivity contribution >= 4 is 40.5 Å². The second-order valence-corrected chi connectivity index (χ2v) is 7.58. The van der Waals surface area contributed by atoms with Gasteiger partial charge < -0.3 is 15.1 Å². The van der Waals surface area contributed by atoms with Crippen LogP contribution in [-0.4, -0.2) is 31.4 Å². The van der Waals surface area contributed by atoms with E-state index in [9.17, 15) is 9.59 Å². The highest BCUT2D eigenvalue weighted by atomic mass is 35.5. The van der Waals surface area contributed by atoms with Crippen molar-refractivity contribution in [1.82, 2.24) is 0 Å². The molecule has 0 aromatic heterocycles. The first kappa shape index (κ1) is 20.2. The van der Waals surface area contributed by atoms with E-state index in [-0.39, 0.29) is 18.2 Å². The average molecular weight is 400 g/mol. The number of benzene rings is 2. The number of hydrogen-bond donors (Lipinski definition) is 1. The molecule has 1 saturated heterocycles.